The van der Waals surface area contributed by atoms with Gasteiger partial charge < -0.3 is 5.41 Å². The van der Waals surface area contributed by atoms with Crippen LogP contribution in [-0.4, -0.2) is 11.5 Å². The number of hydrogen-bond donors (Lipinski definition) is 1. The van der Waals surface area contributed by atoms with Gasteiger partial charge in [0, 0.05) is 12.1 Å². The molecule has 0 aliphatic heterocycles. The van der Waals surface area contributed by atoms with E-state index in [4.69, 9.17) is 5.41 Å². The summed E-state index contributed by atoms with van der Waals surface area (Å²) in [6.45, 7) is 3.38. The minimum atomic E-state index is 0.0804. The van der Waals surface area contributed by atoms with Crippen LogP contribution in [0, 0.1) is 5.41 Å². The molecule has 0 bridgehead atoms. The Balaban J connectivity index is 3.40. The Morgan fingerprint density at radius 1 is 1.62 bits per heavy atom. The average molecular weight is 113 g/mol. The fourth-order valence-corrected chi connectivity index (χ4v) is 0.426. The summed E-state index contributed by atoms with van der Waals surface area (Å²) in [6, 6.07) is 0. The summed E-state index contributed by atoms with van der Waals surface area (Å²) < 4.78 is 0. The monoisotopic (exact) mass is 113 g/mol. The second-order valence-electron chi connectivity index (χ2n) is 1.84. The lowest BCUT2D eigenvalue weighted by atomic mass is 10.2. The molecule has 2 heteroatoms. The van der Waals surface area contributed by atoms with E-state index in [-0.39, 0.29) is 5.78 Å². The Hall–Kier alpha value is -0.660. The fraction of sp³-hybridized carbons (Fsp3) is 0.667. The summed E-state index contributed by atoms with van der Waals surface area (Å²) >= 11 is 0. The van der Waals surface area contributed by atoms with Crippen LogP contribution in [-0.2, 0) is 4.79 Å². The molecule has 0 fully saturated rings. The van der Waals surface area contributed by atoms with E-state index < -0.39 is 0 Å². The molecular weight excluding hydrogens is 102 g/mol. The van der Waals surface area contributed by atoms with Crippen LogP contribution in [0.2, 0.25) is 0 Å². The molecule has 0 aromatic rings. The molecule has 8 heavy (non-hydrogen) atoms. The molecule has 0 aromatic carbocycles. The summed E-state index contributed by atoms with van der Waals surface area (Å²) in [5.41, 5.74) is 0.525. The number of hydrogen-bond acceptors (Lipinski definition) is 2. The molecule has 2 nitrogen and oxygen atoms in total. The van der Waals surface area contributed by atoms with Crippen molar-refractivity contribution in [1.29, 1.82) is 5.41 Å². The van der Waals surface area contributed by atoms with E-state index in [1.165, 1.54) is 6.92 Å². The Morgan fingerprint density at radius 2 is 2.12 bits per heavy atom. The van der Waals surface area contributed by atoms with Gasteiger partial charge >= 0.3 is 0 Å². The molecule has 1 N–H and O–H groups in total. The van der Waals surface area contributed by atoms with Gasteiger partial charge in [0.25, 0.3) is 0 Å². The Bertz CT molecular complexity index is 107. The number of carbonyl (C=O) groups excluding carboxylic acids is 1. The summed E-state index contributed by atoms with van der Waals surface area (Å²) in [7, 11) is 0. The molecule has 0 amide bonds. The molecule has 0 radical (unpaired) electrons. The van der Waals surface area contributed by atoms with Gasteiger partial charge in [0.15, 0.2) is 0 Å². The number of Topliss-reactive ketones (excluding diaryl/α,β-unsaturated/α-hetero) is 1. The van der Waals surface area contributed by atoms with E-state index in [1.54, 1.807) is 0 Å². The largest absolute Gasteiger partial charge is 0.309 e. The van der Waals surface area contributed by atoms with Crippen molar-refractivity contribution < 1.29 is 4.79 Å². The Kier molecular flexibility index (Phi) is 3.08. The predicted molar refractivity (Wildman–Crippen MR) is 33.3 cm³/mol. The third kappa shape index (κ3) is 3.53. The van der Waals surface area contributed by atoms with Crippen molar-refractivity contribution in [2.45, 2.75) is 26.7 Å². The lowest BCUT2D eigenvalue weighted by molar-refractivity contribution is -0.115. The molecule has 0 saturated carbocycles. The molecule has 0 unspecified atom stereocenters. The van der Waals surface area contributed by atoms with Crippen molar-refractivity contribution >= 4 is 11.5 Å². The Labute approximate surface area is 49.4 Å². The van der Waals surface area contributed by atoms with Gasteiger partial charge in [-0.3, -0.25) is 4.79 Å². The molecule has 0 saturated heterocycles. The van der Waals surface area contributed by atoms with Crippen molar-refractivity contribution in [2.24, 2.45) is 0 Å². The summed E-state index contributed by atoms with van der Waals surface area (Å²) in [5, 5.41) is 7.05. The average Bonchev–Trinajstić information content (AvgIpc) is 1.65. The number of rotatable bonds is 3. The highest BCUT2D eigenvalue weighted by molar-refractivity contribution is 5.99. The molecule has 46 valence electrons. The highest BCUT2D eigenvalue weighted by atomic mass is 16.1. The lowest BCUT2D eigenvalue weighted by Gasteiger charge is -1.91. The SMILES string of the molecule is CCC(=N)CC(C)=O. The lowest BCUT2D eigenvalue weighted by Crippen LogP contribution is -2.00. The topological polar surface area (TPSA) is 40.9 Å². The van der Waals surface area contributed by atoms with E-state index in [0.29, 0.717) is 18.6 Å². The van der Waals surface area contributed by atoms with Crippen LogP contribution < -0.4 is 0 Å². The van der Waals surface area contributed by atoms with E-state index in [9.17, 15) is 4.79 Å². The summed E-state index contributed by atoms with van der Waals surface area (Å²) in [5.74, 6) is 0.0804. The van der Waals surface area contributed by atoms with Crippen LogP contribution in [0.4, 0.5) is 0 Å². The van der Waals surface area contributed by atoms with Crippen LogP contribution in [0.25, 0.3) is 0 Å². The first-order valence-corrected chi connectivity index (χ1v) is 2.72. The summed E-state index contributed by atoms with van der Waals surface area (Å²) in [6.07, 6.45) is 1.02. The van der Waals surface area contributed by atoms with Crippen LogP contribution in [0.1, 0.15) is 26.7 Å². The quantitative estimate of drug-likeness (QED) is 0.552. The van der Waals surface area contributed by atoms with Crippen LogP contribution >= 0.6 is 0 Å². The smallest absolute Gasteiger partial charge is 0.135 e. The van der Waals surface area contributed by atoms with Gasteiger partial charge in [0.1, 0.15) is 5.78 Å². The molecular formula is C6H11NO. The molecule has 0 aliphatic rings. The minimum absolute atomic E-state index is 0.0804. The van der Waals surface area contributed by atoms with Gasteiger partial charge in [0.05, 0.1) is 0 Å². The Morgan fingerprint density at radius 3 is 2.25 bits per heavy atom. The van der Waals surface area contributed by atoms with E-state index in [1.807, 2.05) is 6.92 Å². The van der Waals surface area contributed by atoms with Gasteiger partial charge in [-0.05, 0) is 13.3 Å². The maximum Gasteiger partial charge on any atom is 0.135 e. The van der Waals surface area contributed by atoms with Crippen molar-refractivity contribution in [3.05, 3.63) is 0 Å². The molecule has 0 spiro atoms. The molecule has 0 aliphatic carbocycles. The second-order valence-corrected chi connectivity index (χ2v) is 1.84. The highest BCUT2D eigenvalue weighted by Gasteiger charge is 1.95. The number of nitrogens with one attached hydrogen (secondary N) is 1. The minimum Gasteiger partial charge on any atom is -0.309 e. The predicted octanol–water partition coefficient (Wildman–Crippen LogP) is 1.40. The van der Waals surface area contributed by atoms with Gasteiger partial charge in [-0.2, -0.15) is 0 Å². The van der Waals surface area contributed by atoms with E-state index in [2.05, 4.69) is 0 Å². The van der Waals surface area contributed by atoms with E-state index >= 15 is 0 Å². The zero-order valence-electron chi connectivity index (χ0n) is 5.32. The first kappa shape index (κ1) is 7.34. The summed E-state index contributed by atoms with van der Waals surface area (Å²) in [4.78, 5) is 10.3. The van der Waals surface area contributed by atoms with Gasteiger partial charge in [-0.25, -0.2) is 0 Å². The standard InChI is InChI=1S/C6H11NO/c1-3-6(7)4-5(2)8/h7H,3-4H2,1-2H3. The van der Waals surface area contributed by atoms with Gasteiger partial charge in [-0.15, -0.1) is 0 Å². The highest BCUT2D eigenvalue weighted by Crippen LogP contribution is 1.88. The van der Waals surface area contributed by atoms with Gasteiger partial charge in [-0.1, -0.05) is 6.92 Å². The van der Waals surface area contributed by atoms with Gasteiger partial charge in [0.2, 0.25) is 0 Å². The van der Waals surface area contributed by atoms with Crippen molar-refractivity contribution in [2.75, 3.05) is 0 Å². The fourth-order valence-electron chi connectivity index (χ4n) is 0.426. The molecule has 0 heterocycles. The first-order valence-electron chi connectivity index (χ1n) is 2.72. The normalized spacial score (nSPS) is 8.75. The molecule has 0 atom stereocenters. The van der Waals surface area contributed by atoms with Crippen LogP contribution in [0.5, 0.6) is 0 Å². The van der Waals surface area contributed by atoms with Crippen molar-refractivity contribution in [3.63, 3.8) is 0 Å². The number of carbonyl (C=O) groups is 1. The van der Waals surface area contributed by atoms with Crippen molar-refractivity contribution in [1.82, 2.24) is 0 Å². The van der Waals surface area contributed by atoms with E-state index in [0.717, 1.165) is 0 Å². The maximum atomic E-state index is 10.3. The van der Waals surface area contributed by atoms with Crippen molar-refractivity contribution in [3.8, 4) is 0 Å². The second kappa shape index (κ2) is 3.36. The molecule has 0 rings (SSSR count). The van der Waals surface area contributed by atoms with Crippen LogP contribution in [0.3, 0.4) is 0 Å². The van der Waals surface area contributed by atoms with Crippen LogP contribution in [0.15, 0.2) is 0 Å². The molecule has 0 aromatic heterocycles. The third-order valence-electron chi connectivity index (χ3n) is 0.889. The number of ketones is 1. The first-order chi connectivity index (χ1) is 3.66. The zero-order chi connectivity index (χ0) is 6.57. The third-order valence-corrected chi connectivity index (χ3v) is 0.889. The zero-order valence-corrected chi connectivity index (χ0v) is 5.32. The maximum absolute atomic E-state index is 10.3.